The quantitative estimate of drug-likeness (QED) is 0.525. The molecule has 1 saturated carbocycles. The van der Waals surface area contributed by atoms with Crippen LogP contribution in [0.15, 0.2) is 12.3 Å². The van der Waals surface area contributed by atoms with Crippen molar-refractivity contribution in [3.63, 3.8) is 0 Å². The molecule has 0 aliphatic heterocycles. The molecule has 0 atom stereocenters. The van der Waals surface area contributed by atoms with E-state index in [1.807, 2.05) is 0 Å². The Morgan fingerprint density at radius 3 is 3.00 bits per heavy atom. The van der Waals surface area contributed by atoms with E-state index in [0.717, 1.165) is 18.9 Å². The number of carbonyl (C=O) groups excluding carboxylic acids is 1. The van der Waals surface area contributed by atoms with E-state index in [2.05, 4.69) is 4.98 Å². The van der Waals surface area contributed by atoms with Crippen LogP contribution >= 0.6 is 0 Å². The number of halogens is 1. The normalized spacial score (nSPS) is 15.5. The lowest BCUT2D eigenvalue weighted by Crippen LogP contribution is -2.00. The van der Waals surface area contributed by atoms with Gasteiger partial charge in [0.25, 0.3) is 0 Å². The van der Waals surface area contributed by atoms with E-state index < -0.39 is 5.95 Å². The lowest BCUT2D eigenvalue weighted by molar-refractivity contribution is 0.111. The molecule has 0 radical (unpaired) electrons. The van der Waals surface area contributed by atoms with Gasteiger partial charge in [0.1, 0.15) is 5.75 Å². The molecule has 1 aliphatic carbocycles. The van der Waals surface area contributed by atoms with Crippen LogP contribution in [0.3, 0.4) is 0 Å². The Labute approximate surface area is 74.5 Å². The van der Waals surface area contributed by atoms with Crippen LogP contribution in [0.5, 0.6) is 5.75 Å². The first-order valence-electron chi connectivity index (χ1n) is 4.07. The van der Waals surface area contributed by atoms with Crippen LogP contribution in [0, 0.1) is 5.95 Å². The van der Waals surface area contributed by atoms with Crippen LogP contribution in [-0.2, 0) is 0 Å². The second-order valence-corrected chi connectivity index (χ2v) is 2.98. The highest BCUT2D eigenvalue weighted by molar-refractivity contribution is 5.78. The van der Waals surface area contributed by atoms with Crippen LogP contribution in [0.4, 0.5) is 4.39 Å². The highest BCUT2D eigenvalue weighted by atomic mass is 19.1. The number of pyridine rings is 1. The van der Waals surface area contributed by atoms with Crippen LogP contribution in [0.2, 0.25) is 0 Å². The smallest absolute Gasteiger partial charge is 0.213 e. The van der Waals surface area contributed by atoms with Crippen LogP contribution in [0.1, 0.15) is 23.2 Å². The summed E-state index contributed by atoms with van der Waals surface area (Å²) in [7, 11) is 0. The monoisotopic (exact) mass is 181 g/mol. The minimum Gasteiger partial charge on any atom is -0.488 e. The number of hydrogen-bond acceptors (Lipinski definition) is 3. The Morgan fingerprint density at radius 2 is 2.38 bits per heavy atom. The van der Waals surface area contributed by atoms with Crippen molar-refractivity contribution in [1.29, 1.82) is 0 Å². The molecule has 1 aromatic heterocycles. The fraction of sp³-hybridized carbons (Fsp3) is 0.333. The molecule has 0 amide bonds. The molecule has 0 aromatic carbocycles. The summed E-state index contributed by atoms with van der Waals surface area (Å²) < 4.78 is 17.9. The van der Waals surface area contributed by atoms with Crippen molar-refractivity contribution in [3.05, 3.63) is 23.8 Å². The summed E-state index contributed by atoms with van der Waals surface area (Å²) in [6.07, 6.45) is 4.00. The highest BCUT2D eigenvalue weighted by Crippen LogP contribution is 2.28. The fourth-order valence-corrected chi connectivity index (χ4v) is 0.988. The van der Waals surface area contributed by atoms with E-state index in [1.165, 1.54) is 6.20 Å². The van der Waals surface area contributed by atoms with Gasteiger partial charge in [-0.3, -0.25) is 4.79 Å². The molecule has 0 spiro atoms. The van der Waals surface area contributed by atoms with Gasteiger partial charge in [0, 0.05) is 6.07 Å². The van der Waals surface area contributed by atoms with Gasteiger partial charge in [-0.1, -0.05) is 0 Å². The molecule has 1 aliphatic rings. The van der Waals surface area contributed by atoms with E-state index >= 15 is 0 Å². The van der Waals surface area contributed by atoms with Gasteiger partial charge in [-0.15, -0.1) is 0 Å². The minimum atomic E-state index is -0.662. The van der Waals surface area contributed by atoms with E-state index in [-0.39, 0.29) is 11.7 Å². The Kier molecular flexibility index (Phi) is 1.96. The zero-order valence-corrected chi connectivity index (χ0v) is 6.87. The van der Waals surface area contributed by atoms with Crippen LogP contribution in [0.25, 0.3) is 0 Å². The minimum absolute atomic E-state index is 0.186. The second-order valence-electron chi connectivity index (χ2n) is 2.98. The first-order valence-corrected chi connectivity index (χ1v) is 4.07. The summed E-state index contributed by atoms with van der Waals surface area (Å²) in [5.74, 6) is -0.288. The highest BCUT2D eigenvalue weighted by Gasteiger charge is 2.24. The molecule has 2 rings (SSSR count). The Balaban J connectivity index is 2.25. The fourth-order valence-electron chi connectivity index (χ4n) is 0.988. The molecule has 0 N–H and O–H groups in total. The van der Waals surface area contributed by atoms with Gasteiger partial charge in [-0.25, -0.2) is 4.98 Å². The number of carbonyl (C=O) groups is 1. The third-order valence-corrected chi connectivity index (χ3v) is 1.81. The summed E-state index contributed by atoms with van der Waals surface area (Å²) in [5, 5.41) is 0. The van der Waals surface area contributed by atoms with E-state index in [9.17, 15) is 9.18 Å². The molecule has 0 bridgehead atoms. The Bertz CT molecular complexity index is 336. The third-order valence-electron chi connectivity index (χ3n) is 1.81. The summed E-state index contributed by atoms with van der Waals surface area (Å²) in [6.45, 7) is 0. The second kappa shape index (κ2) is 3.12. The van der Waals surface area contributed by atoms with Gasteiger partial charge in [0.05, 0.1) is 17.9 Å². The molecular formula is C9H8FNO2. The molecule has 0 saturated heterocycles. The lowest BCUT2D eigenvalue weighted by atomic mass is 10.3. The maximum Gasteiger partial charge on any atom is 0.213 e. The van der Waals surface area contributed by atoms with Crippen molar-refractivity contribution in [2.45, 2.75) is 18.9 Å². The van der Waals surface area contributed by atoms with Gasteiger partial charge in [0.2, 0.25) is 5.95 Å². The van der Waals surface area contributed by atoms with Crippen molar-refractivity contribution < 1.29 is 13.9 Å². The predicted octanol–water partition coefficient (Wildman–Crippen LogP) is 1.57. The number of ether oxygens (including phenoxy) is 1. The SMILES string of the molecule is O=Cc1cc(F)ncc1OC1CC1. The topological polar surface area (TPSA) is 39.2 Å². The van der Waals surface area contributed by atoms with Gasteiger partial charge >= 0.3 is 0 Å². The molecule has 1 heterocycles. The summed E-state index contributed by atoms with van der Waals surface area (Å²) in [6, 6.07) is 1.07. The molecular weight excluding hydrogens is 173 g/mol. The number of hydrogen-bond donors (Lipinski definition) is 0. The third kappa shape index (κ3) is 1.83. The predicted molar refractivity (Wildman–Crippen MR) is 43.2 cm³/mol. The molecule has 4 heteroatoms. The molecule has 3 nitrogen and oxygen atoms in total. The number of aromatic nitrogens is 1. The summed E-state index contributed by atoms with van der Waals surface area (Å²) >= 11 is 0. The zero-order valence-electron chi connectivity index (χ0n) is 6.87. The molecule has 0 unspecified atom stereocenters. The average molecular weight is 181 g/mol. The number of nitrogens with zero attached hydrogens (tertiary/aromatic N) is 1. The van der Waals surface area contributed by atoms with Crippen molar-refractivity contribution in [2.75, 3.05) is 0 Å². The molecule has 1 fully saturated rings. The first-order chi connectivity index (χ1) is 6.29. The Morgan fingerprint density at radius 1 is 1.62 bits per heavy atom. The van der Waals surface area contributed by atoms with Crippen LogP contribution < -0.4 is 4.74 Å². The van der Waals surface area contributed by atoms with Crippen molar-refractivity contribution in [2.24, 2.45) is 0 Å². The van der Waals surface area contributed by atoms with Gasteiger partial charge < -0.3 is 4.74 Å². The van der Waals surface area contributed by atoms with Gasteiger partial charge in [-0.05, 0) is 12.8 Å². The first kappa shape index (κ1) is 8.16. The standard InChI is InChI=1S/C9H8FNO2/c10-9-3-6(5-12)8(4-11-9)13-7-1-2-7/h3-5,7H,1-2H2. The van der Waals surface area contributed by atoms with Crippen molar-refractivity contribution in [3.8, 4) is 5.75 Å². The maximum atomic E-state index is 12.6. The van der Waals surface area contributed by atoms with E-state index in [4.69, 9.17) is 4.74 Å². The van der Waals surface area contributed by atoms with Crippen LogP contribution in [-0.4, -0.2) is 17.4 Å². The number of rotatable bonds is 3. The Hall–Kier alpha value is -1.45. The largest absolute Gasteiger partial charge is 0.488 e. The molecule has 68 valence electrons. The lowest BCUT2D eigenvalue weighted by Gasteiger charge is -2.05. The maximum absolute atomic E-state index is 12.6. The van der Waals surface area contributed by atoms with Gasteiger partial charge in [0.15, 0.2) is 6.29 Å². The zero-order chi connectivity index (χ0) is 9.26. The van der Waals surface area contributed by atoms with Crippen molar-refractivity contribution >= 4 is 6.29 Å². The summed E-state index contributed by atoms with van der Waals surface area (Å²) in [5.41, 5.74) is 0.222. The van der Waals surface area contributed by atoms with E-state index in [0.29, 0.717) is 12.0 Å². The average Bonchev–Trinajstić information content (AvgIpc) is 2.92. The van der Waals surface area contributed by atoms with E-state index in [1.54, 1.807) is 0 Å². The summed E-state index contributed by atoms with van der Waals surface area (Å²) in [4.78, 5) is 13.9. The van der Waals surface area contributed by atoms with Gasteiger partial charge in [-0.2, -0.15) is 4.39 Å². The molecule has 1 aromatic rings. The van der Waals surface area contributed by atoms with Crippen molar-refractivity contribution in [1.82, 2.24) is 4.98 Å². The molecule has 13 heavy (non-hydrogen) atoms. The number of aldehydes is 1.